The zero-order valence-corrected chi connectivity index (χ0v) is 9.95. The molecule has 2 aliphatic rings. The summed E-state index contributed by atoms with van der Waals surface area (Å²) in [5, 5.41) is 10.6. The van der Waals surface area contributed by atoms with Crippen molar-refractivity contribution in [2.75, 3.05) is 7.05 Å². The van der Waals surface area contributed by atoms with E-state index in [2.05, 4.69) is 25.5 Å². The van der Waals surface area contributed by atoms with Gasteiger partial charge in [0.1, 0.15) is 0 Å². The first kappa shape index (κ1) is 11.2. The van der Waals surface area contributed by atoms with E-state index in [1.54, 1.807) is 6.08 Å². The van der Waals surface area contributed by atoms with E-state index < -0.39 is 5.60 Å². The Morgan fingerprint density at radius 2 is 2.07 bits per heavy atom. The number of rotatable bonds is 1. The smallest absolute Gasteiger partial charge is 0.0882 e. The van der Waals surface area contributed by atoms with Crippen molar-refractivity contribution in [3.05, 3.63) is 12.7 Å². The van der Waals surface area contributed by atoms with Crippen molar-refractivity contribution in [1.82, 2.24) is 4.90 Å². The van der Waals surface area contributed by atoms with Crippen LogP contribution in [0.25, 0.3) is 0 Å². The second-order valence-corrected chi connectivity index (χ2v) is 5.37. The Morgan fingerprint density at radius 3 is 2.73 bits per heavy atom. The standard InChI is InChI=1S/C13H23NO/c1-4-13(15)9-10(2)14(3)12-8-6-5-7-11(12)13/h4,10-12,15H,1,5-9H2,2-3H3/t10-,11?,12?,13-/m1/s1. The first-order valence-corrected chi connectivity index (χ1v) is 6.16. The number of likely N-dealkylation sites (tertiary alicyclic amines) is 1. The van der Waals surface area contributed by atoms with E-state index in [4.69, 9.17) is 0 Å². The third-order valence-electron chi connectivity index (χ3n) is 4.57. The Labute approximate surface area is 93.0 Å². The minimum Gasteiger partial charge on any atom is -0.385 e. The lowest BCUT2D eigenvalue weighted by Crippen LogP contribution is -2.60. The van der Waals surface area contributed by atoms with Gasteiger partial charge in [-0.15, -0.1) is 6.58 Å². The summed E-state index contributed by atoms with van der Waals surface area (Å²) in [5.41, 5.74) is -0.614. The Kier molecular flexibility index (Phi) is 2.91. The summed E-state index contributed by atoms with van der Waals surface area (Å²) in [7, 11) is 2.20. The third kappa shape index (κ3) is 1.74. The van der Waals surface area contributed by atoms with E-state index in [9.17, 15) is 5.11 Å². The highest BCUT2D eigenvalue weighted by Gasteiger charge is 2.47. The molecule has 2 unspecified atom stereocenters. The predicted octanol–water partition coefficient (Wildman–Crippen LogP) is 2.19. The van der Waals surface area contributed by atoms with Crippen LogP contribution < -0.4 is 0 Å². The SMILES string of the molecule is C=C[C@@]1(O)C[C@@H](C)N(C)C2CCCCC21. The quantitative estimate of drug-likeness (QED) is 0.669. The van der Waals surface area contributed by atoms with Gasteiger partial charge in [-0.2, -0.15) is 0 Å². The molecule has 86 valence electrons. The zero-order valence-electron chi connectivity index (χ0n) is 9.95. The fraction of sp³-hybridized carbons (Fsp3) is 0.846. The van der Waals surface area contributed by atoms with Gasteiger partial charge in [-0.05, 0) is 33.2 Å². The van der Waals surface area contributed by atoms with Crippen LogP contribution in [-0.2, 0) is 0 Å². The highest BCUT2D eigenvalue weighted by molar-refractivity contribution is 5.10. The van der Waals surface area contributed by atoms with Crippen molar-refractivity contribution in [3.63, 3.8) is 0 Å². The maximum atomic E-state index is 10.6. The predicted molar refractivity (Wildman–Crippen MR) is 62.7 cm³/mol. The molecule has 0 bridgehead atoms. The number of fused-ring (bicyclic) bond motifs is 1. The van der Waals surface area contributed by atoms with Crippen molar-refractivity contribution in [2.45, 2.75) is 56.7 Å². The van der Waals surface area contributed by atoms with Crippen LogP contribution in [0.4, 0.5) is 0 Å². The van der Waals surface area contributed by atoms with Crippen LogP contribution in [-0.4, -0.2) is 34.7 Å². The van der Waals surface area contributed by atoms with E-state index in [-0.39, 0.29) is 0 Å². The molecule has 0 aromatic carbocycles. The van der Waals surface area contributed by atoms with Gasteiger partial charge in [0.25, 0.3) is 0 Å². The van der Waals surface area contributed by atoms with E-state index in [0.29, 0.717) is 18.0 Å². The minimum absolute atomic E-state index is 0.407. The van der Waals surface area contributed by atoms with E-state index in [1.807, 2.05) is 0 Å². The van der Waals surface area contributed by atoms with Gasteiger partial charge in [0.15, 0.2) is 0 Å². The Balaban J connectivity index is 2.25. The maximum Gasteiger partial charge on any atom is 0.0882 e. The summed E-state index contributed by atoms with van der Waals surface area (Å²) in [5.74, 6) is 0.407. The molecule has 1 aliphatic carbocycles. The van der Waals surface area contributed by atoms with Gasteiger partial charge in [-0.25, -0.2) is 0 Å². The minimum atomic E-state index is -0.614. The molecule has 2 nitrogen and oxygen atoms in total. The molecule has 1 N–H and O–H groups in total. The summed E-state index contributed by atoms with van der Waals surface area (Å²) in [6, 6.07) is 1.03. The molecular weight excluding hydrogens is 186 g/mol. The second-order valence-electron chi connectivity index (χ2n) is 5.37. The molecule has 1 aliphatic heterocycles. The Bertz CT molecular complexity index is 253. The van der Waals surface area contributed by atoms with Crippen LogP contribution in [0, 0.1) is 5.92 Å². The number of nitrogens with zero attached hydrogens (tertiary/aromatic N) is 1. The molecule has 4 atom stereocenters. The average Bonchev–Trinajstić information content (AvgIpc) is 2.26. The van der Waals surface area contributed by atoms with Crippen molar-refractivity contribution in [1.29, 1.82) is 0 Å². The van der Waals surface area contributed by atoms with Crippen LogP contribution in [0.2, 0.25) is 0 Å². The van der Waals surface area contributed by atoms with Gasteiger partial charge in [-0.1, -0.05) is 18.9 Å². The summed E-state index contributed by atoms with van der Waals surface area (Å²) >= 11 is 0. The molecule has 1 heterocycles. The highest BCUT2D eigenvalue weighted by atomic mass is 16.3. The molecule has 2 fully saturated rings. The van der Waals surface area contributed by atoms with Gasteiger partial charge >= 0.3 is 0 Å². The van der Waals surface area contributed by atoms with Crippen LogP contribution in [0.1, 0.15) is 39.0 Å². The van der Waals surface area contributed by atoms with Gasteiger partial charge in [0.05, 0.1) is 5.60 Å². The molecular formula is C13H23NO. The Morgan fingerprint density at radius 1 is 1.40 bits per heavy atom. The molecule has 0 aromatic rings. The number of piperidine rings is 1. The van der Waals surface area contributed by atoms with Crippen molar-refractivity contribution < 1.29 is 5.11 Å². The average molecular weight is 209 g/mol. The number of hydrogen-bond acceptors (Lipinski definition) is 2. The molecule has 1 saturated carbocycles. The molecule has 0 spiro atoms. The van der Waals surface area contributed by atoms with Gasteiger partial charge in [0.2, 0.25) is 0 Å². The largest absolute Gasteiger partial charge is 0.385 e. The fourth-order valence-electron chi connectivity index (χ4n) is 3.51. The molecule has 0 amide bonds. The monoisotopic (exact) mass is 209 g/mol. The van der Waals surface area contributed by atoms with Crippen LogP contribution in [0.5, 0.6) is 0 Å². The van der Waals surface area contributed by atoms with Crippen molar-refractivity contribution in [3.8, 4) is 0 Å². The van der Waals surface area contributed by atoms with Gasteiger partial charge in [-0.3, -0.25) is 0 Å². The van der Waals surface area contributed by atoms with Crippen LogP contribution in [0.3, 0.4) is 0 Å². The molecule has 0 radical (unpaired) electrons. The normalized spacial score (nSPS) is 47.3. The van der Waals surface area contributed by atoms with E-state index in [0.717, 1.165) is 12.8 Å². The molecule has 15 heavy (non-hydrogen) atoms. The Hall–Kier alpha value is -0.340. The van der Waals surface area contributed by atoms with E-state index >= 15 is 0 Å². The van der Waals surface area contributed by atoms with Crippen molar-refractivity contribution in [2.24, 2.45) is 5.92 Å². The zero-order chi connectivity index (χ0) is 11.1. The number of aliphatic hydroxyl groups is 1. The second kappa shape index (κ2) is 3.91. The van der Waals surface area contributed by atoms with E-state index in [1.165, 1.54) is 19.3 Å². The summed E-state index contributed by atoms with van der Waals surface area (Å²) < 4.78 is 0. The molecule has 0 aromatic heterocycles. The third-order valence-corrected chi connectivity index (χ3v) is 4.57. The topological polar surface area (TPSA) is 23.5 Å². The lowest BCUT2D eigenvalue weighted by molar-refractivity contribution is -0.0970. The summed E-state index contributed by atoms with van der Waals surface area (Å²) in [6.45, 7) is 6.05. The first-order chi connectivity index (χ1) is 7.08. The molecule has 2 heteroatoms. The fourth-order valence-corrected chi connectivity index (χ4v) is 3.51. The summed E-state index contributed by atoms with van der Waals surface area (Å²) in [6.07, 6.45) is 7.60. The van der Waals surface area contributed by atoms with Crippen molar-refractivity contribution >= 4 is 0 Å². The number of hydrogen-bond donors (Lipinski definition) is 1. The van der Waals surface area contributed by atoms with Gasteiger partial charge < -0.3 is 10.0 Å². The van der Waals surface area contributed by atoms with Crippen LogP contribution in [0.15, 0.2) is 12.7 Å². The first-order valence-electron chi connectivity index (χ1n) is 6.16. The highest BCUT2D eigenvalue weighted by Crippen LogP contribution is 2.43. The molecule has 2 rings (SSSR count). The lowest BCUT2D eigenvalue weighted by atomic mass is 9.67. The summed E-state index contributed by atoms with van der Waals surface area (Å²) in [4.78, 5) is 2.46. The lowest BCUT2D eigenvalue weighted by Gasteiger charge is -2.53. The van der Waals surface area contributed by atoms with Crippen LogP contribution >= 0.6 is 0 Å². The maximum absolute atomic E-state index is 10.6. The molecule has 1 saturated heterocycles. The van der Waals surface area contributed by atoms with Gasteiger partial charge in [0, 0.05) is 18.0 Å².